The van der Waals surface area contributed by atoms with E-state index in [1.165, 1.54) is 22.3 Å². The molecule has 0 saturated carbocycles. The first-order valence-electron chi connectivity index (χ1n) is 9.11. The number of rotatable bonds is 5. The Labute approximate surface area is 182 Å². The van der Waals surface area contributed by atoms with Gasteiger partial charge in [-0.3, -0.25) is 4.79 Å². The molecule has 1 aliphatic carbocycles. The van der Waals surface area contributed by atoms with Gasteiger partial charge < -0.3 is 10.1 Å². The van der Waals surface area contributed by atoms with Crippen LogP contribution in [0.3, 0.4) is 0 Å². The second kappa shape index (κ2) is 8.39. The van der Waals surface area contributed by atoms with Crippen LogP contribution in [0, 0.1) is 0 Å². The molecule has 0 radical (unpaired) electrons. The van der Waals surface area contributed by atoms with Crippen molar-refractivity contribution >= 4 is 38.9 Å². The normalized spacial score (nSPS) is 12.2. The molecule has 6 heteroatoms. The highest BCUT2D eigenvalue weighted by molar-refractivity contribution is 9.10. The van der Waals surface area contributed by atoms with Crippen molar-refractivity contribution in [2.45, 2.75) is 12.5 Å². The van der Waals surface area contributed by atoms with Crippen molar-refractivity contribution in [3.63, 3.8) is 0 Å². The Balaban J connectivity index is 1.40. The van der Waals surface area contributed by atoms with Gasteiger partial charge >= 0.3 is 6.09 Å². The van der Waals surface area contributed by atoms with Gasteiger partial charge in [0.15, 0.2) is 0 Å². The molecule has 0 heterocycles. The number of halogens is 2. The van der Waals surface area contributed by atoms with Gasteiger partial charge in [-0.15, -0.1) is 0 Å². The summed E-state index contributed by atoms with van der Waals surface area (Å²) in [5.74, 6) is 0.0221. The zero-order chi connectivity index (χ0) is 20.4. The van der Waals surface area contributed by atoms with Crippen LogP contribution in [0.5, 0.6) is 0 Å². The number of amides is 1. The Kier molecular flexibility index (Phi) is 5.69. The summed E-state index contributed by atoms with van der Waals surface area (Å²) in [6.45, 7) is 0.536. The summed E-state index contributed by atoms with van der Waals surface area (Å²) in [6, 6.07) is 21.4. The summed E-state index contributed by atoms with van der Waals surface area (Å²) >= 11 is 8.87. The van der Waals surface area contributed by atoms with E-state index in [2.05, 4.69) is 45.5 Å². The van der Waals surface area contributed by atoms with Gasteiger partial charge in [-0.25, -0.2) is 4.79 Å². The Bertz CT molecular complexity index is 1050. The van der Waals surface area contributed by atoms with E-state index in [1.54, 1.807) is 18.2 Å². The average molecular weight is 471 g/mol. The van der Waals surface area contributed by atoms with Crippen molar-refractivity contribution in [2.24, 2.45) is 0 Å². The highest BCUT2D eigenvalue weighted by atomic mass is 79.9. The lowest BCUT2D eigenvalue weighted by molar-refractivity contribution is 0.108. The summed E-state index contributed by atoms with van der Waals surface area (Å²) in [6.07, 6.45) is -0.490. The Morgan fingerprint density at radius 2 is 1.59 bits per heavy atom. The van der Waals surface area contributed by atoms with Gasteiger partial charge in [-0.2, -0.15) is 0 Å². The van der Waals surface area contributed by atoms with Crippen molar-refractivity contribution in [3.8, 4) is 11.1 Å². The van der Waals surface area contributed by atoms with Crippen LogP contribution in [0.4, 0.5) is 4.79 Å². The minimum atomic E-state index is -0.526. The van der Waals surface area contributed by atoms with Gasteiger partial charge in [0.2, 0.25) is 0 Å². The number of fused-ring (bicyclic) bond motifs is 3. The zero-order valence-electron chi connectivity index (χ0n) is 15.3. The number of ether oxygens (including phenoxy) is 1. The maximum atomic E-state index is 12.3. The predicted molar refractivity (Wildman–Crippen MR) is 116 cm³/mol. The quantitative estimate of drug-likeness (QED) is 0.475. The fourth-order valence-electron chi connectivity index (χ4n) is 3.63. The summed E-state index contributed by atoms with van der Waals surface area (Å²) < 4.78 is 6.22. The molecule has 0 saturated heterocycles. The first kappa shape index (κ1) is 19.7. The van der Waals surface area contributed by atoms with Crippen LogP contribution in [0.15, 0.2) is 71.2 Å². The molecule has 4 nitrogen and oxygen atoms in total. The first-order chi connectivity index (χ1) is 14.0. The molecule has 29 heavy (non-hydrogen) atoms. The third-order valence-electron chi connectivity index (χ3n) is 5.05. The standard InChI is InChI=1S/C23H17BrClNO3/c24-21-11-14(22(25)27)9-10-15(21)12-26-23(28)29-13-20-18-7-3-1-5-16(18)17-6-2-4-8-19(17)20/h1-11,20H,12-13H2,(H,26,28). The van der Waals surface area contributed by atoms with Crippen LogP contribution in [0.2, 0.25) is 0 Å². The molecule has 146 valence electrons. The van der Waals surface area contributed by atoms with Crippen molar-refractivity contribution in [3.05, 3.63) is 93.5 Å². The van der Waals surface area contributed by atoms with Crippen LogP contribution in [0.25, 0.3) is 11.1 Å². The molecule has 0 spiro atoms. The number of hydrogen-bond donors (Lipinski definition) is 1. The van der Waals surface area contributed by atoms with E-state index in [4.69, 9.17) is 16.3 Å². The van der Waals surface area contributed by atoms with Gasteiger partial charge in [0.1, 0.15) is 6.61 Å². The molecule has 0 unspecified atom stereocenters. The second-order valence-electron chi connectivity index (χ2n) is 6.76. The molecule has 0 fully saturated rings. The van der Waals surface area contributed by atoms with E-state index in [9.17, 15) is 9.59 Å². The van der Waals surface area contributed by atoms with Crippen molar-refractivity contribution in [2.75, 3.05) is 6.61 Å². The molecular weight excluding hydrogens is 454 g/mol. The molecule has 0 atom stereocenters. The topological polar surface area (TPSA) is 55.4 Å². The summed E-state index contributed by atoms with van der Waals surface area (Å²) in [5.41, 5.74) is 5.93. The minimum Gasteiger partial charge on any atom is -0.449 e. The lowest BCUT2D eigenvalue weighted by atomic mass is 9.98. The number of carbonyl (C=O) groups is 2. The summed E-state index contributed by atoms with van der Waals surface area (Å²) in [4.78, 5) is 23.5. The third-order valence-corrected chi connectivity index (χ3v) is 6.00. The molecule has 1 N–H and O–H groups in total. The predicted octanol–water partition coefficient (Wildman–Crippen LogP) is 5.87. The number of nitrogens with one attached hydrogen (secondary N) is 1. The number of benzene rings is 3. The molecule has 1 amide bonds. The zero-order valence-corrected chi connectivity index (χ0v) is 17.7. The van der Waals surface area contributed by atoms with E-state index < -0.39 is 11.3 Å². The van der Waals surface area contributed by atoms with Crippen molar-refractivity contribution < 1.29 is 14.3 Å². The molecule has 0 aliphatic heterocycles. The van der Waals surface area contributed by atoms with Crippen LogP contribution in [-0.2, 0) is 11.3 Å². The van der Waals surface area contributed by atoms with Gasteiger partial charge in [-0.05, 0) is 51.6 Å². The molecule has 1 aliphatic rings. The lowest BCUT2D eigenvalue weighted by Crippen LogP contribution is -2.25. The smallest absolute Gasteiger partial charge is 0.407 e. The highest BCUT2D eigenvalue weighted by Gasteiger charge is 2.28. The largest absolute Gasteiger partial charge is 0.449 e. The summed E-state index contributed by atoms with van der Waals surface area (Å²) in [5, 5.41) is 2.23. The summed E-state index contributed by atoms with van der Waals surface area (Å²) in [7, 11) is 0. The van der Waals surface area contributed by atoms with E-state index in [1.807, 2.05) is 24.3 Å². The molecule has 3 aromatic carbocycles. The maximum Gasteiger partial charge on any atom is 0.407 e. The molecular formula is C23H17BrClNO3. The van der Waals surface area contributed by atoms with Gasteiger partial charge in [-0.1, -0.05) is 70.5 Å². The highest BCUT2D eigenvalue weighted by Crippen LogP contribution is 2.44. The van der Waals surface area contributed by atoms with Crippen LogP contribution in [0.1, 0.15) is 33.0 Å². The lowest BCUT2D eigenvalue weighted by Gasteiger charge is -2.15. The minimum absolute atomic E-state index is 0.0221. The van der Waals surface area contributed by atoms with Crippen molar-refractivity contribution in [1.29, 1.82) is 0 Å². The van der Waals surface area contributed by atoms with Crippen molar-refractivity contribution in [1.82, 2.24) is 5.32 Å². The molecule has 3 aromatic rings. The molecule has 4 rings (SSSR count). The fourth-order valence-corrected chi connectivity index (χ4v) is 4.27. The van der Waals surface area contributed by atoms with E-state index >= 15 is 0 Å². The molecule has 0 aromatic heterocycles. The fraction of sp³-hybridized carbons (Fsp3) is 0.130. The first-order valence-corrected chi connectivity index (χ1v) is 10.3. The third kappa shape index (κ3) is 4.07. The van der Waals surface area contributed by atoms with E-state index in [0.29, 0.717) is 10.0 Å². The Hall–Kier alpha value is -2.63. The monoisotopic (exact) mass is 469 g/mol. The van der Waals surface area contributed by atoms with Crippen LogP contribution >= 0.6 is 27.5 Å². The maximum absolute atomic E-state index is 12.3. The Morgan fingerprint density at radius 1 is 0.966 bits per heavy atom. The number of hydrogen-bond acceptors (Lipinski definition) is 3. The SMILES string of the molecule is O=C(NCc1ccc(C(=O)Cl)cc1Br)OCC1c2ccccc2-c2ccccc21. The van der Waals surface area contributed by atoms with Gasteiger partial charge in [0.05, 0.1) is 0 Å². The number of alkyl carbamates (subject to hydrolysis) is 1. The van der Waals surface area contributed by atoms with Gasteiger partial charge in [0, 0.05) is 22.5 Å². The average Bonchev–Trinajstić information content (AvgIpc) is 3.05. The second-order valence-corrected chi connectivity index (χ2v) is 7.96. The van der Waals surface area contributed by atoms with E-state index in [-0.39, 0.29) is 19.1 Å². The van der Waals surface area contributed by atoms with Gasteiger partial charge in [0.25, 0.3) is 5.24 Å². The molecule has 0 bridgehead atoms. The van der Waals surface area contributed by atoms with Crippen LogP contribution in [-0.4, -0.2) is 17.9 Å². The Morgan fingerprint density at radius 3 is 2.17 bits per heavy atom. The number of carbonyl (C=O) groups excluding carboxylic acids is 2. The van der Waals surface area contributed by atoms with E-state index in [0.717, 1.165) is 5.56 Å². The van der Waals surface area contributed by atoms with Crippen LogP contribution < -0.4 is 5.32 Å².